The van der Waals surface area contributed by atoms with Crippen LogP contribution in [0.2, 0.25) is 0 Å². The lowest BCUT2D eigenvalue weighted by Gasteiger charge is -2.37. The second-order valence-corrected chi connectivity index (χ2v) is 7.25. The Hall–Kier alpha value is -0.390. The number of nitrogens with two attached hydrogens (primary N) is 1. The highest BCUT2D eigenvalue weighted by Gasteiger charge is 2.30. The van der Waals surface area contributed by atoms with E-state index in [1.165, 1.54) is 12.8 Å². The molecule has 1 aliphatic carbocycles. The maximum Gasteiger partial charge on any atom is 0.253 e. The fourth-order valence-electron chi connectivity index (χ4n) is 3.00. The summed E-state index contributed by atoms with van der Waals surface area (Å²) < 4.78 is 1.81. The molecule has 0 spiro atoms. The molecular weight excluding hydrogens is 384 g/mol. The van der Waals surface area contributed by atoms with Gasteiger partial charge in [0, 0.05) is 27.6 Å². The minimum absolute atomic E-state index is 0.0670. The van der Waals surface area contributed by atoms with E-state index in [0.717, 1.165) is 21.8 Å². The van der Waals surface area contributed by atoms with Crippen molar-refractivity contribution in [1.82, 2.24) is 4.90 Å². The number of hydrogen-bond acceptors (Lipinski definition) is 2. The average molecular weight is 404 g/mol. The topological polar surface area (TPSA) is 46.3 Å². The lowest BCUT2D eigenvalue weighted by molar-refractivity contribution is 0.0620. The number of nitrogens with zero attached hydrogens (tertiary/aromatic N) is 1. The molecule has 1 fully saturated rings. The van der Waals surface area contributed by atoms with E-state index < -0.39 is 0 Å². The Morgan fingerprint density at radius 2 is 1.85 bits per heavy atom. The summed E-state index contributed by atoms with van der Waals surface area (Å²) in [7, 11) is 1.90. The highest BCUT2D eigenvalue weighted by molar-refractivity contribution is 9.11. The summed E-state index contributed by atoms with van der Waals surface area (Å²) in [5, 5.41) is 0. The van der Waals surface area contributed by atoms with Crippen molar-refractivity contribution < 1.29 is 4.79 Å². The Balaban J connectivity index is 2.18. The van der Waals surface area contributed by atoms with Crippen LogP contribution in [0.15, 0.2) is 27.1 Å². The Bertz CT molecular complexity index is 473. The van der Waals surface area contributed by atoms with Crippen LogP contribution in [0.4, 0.5) is 0 Å². The Labute approximate surface area is 137 Å². The maximum atomic E-state index is 12.7. The standard InChI is InChI=1S/C15H20Br2N2O/c1-19(14-5-3-2-4-10(14)9-18)15(20)11-6-12(16)8-13(17)7-11/h6-8,10,14H,2-5,9,18H2,1H3. The number of rotatable bonds is 3. The van der Waals surface area contributed by atoms with Gasteiger partial charge < -0.3 is 10.6 Å². The molecule has 1 saturated carbocycles. The van der Waals surface area contributed by atoms with Crippen LogP contribution in [-0.4, -0.2) is 30.4 Å². The van der Waals surface area contributed by atoms with E-state index in [9.17, 15) is 4.79 Å². The first-order valence-electron chi connectivity index (χ1n) is 6.96. The molecule has 2 atom stereocenters. The molecule has 110 valence electrons. The summed E-state index contributed by atoms with van der Waals surface area (Å²) in [4.78, 5) is 14.5. The SMILES string of the molecule is CN(C(=O)c1cc(Br)cc(Br)c1)C1CCCCC1CN. The molecule has 2 N–H and O–H groups in total. The van der Waals surface area contributed by atoms with E-state index in [1.807, 2.05) is 30.1 Å². The molecule has 0 heterocycles. The van der Waals surface area contributed by atoms with E-state index in [-0.39, 0.29) is 11.9 Å². The molecule has 1 aromatic rings. The molecule has 0 radical (unpaired) electrons. The number of carbonyl (C=O) groups is 1. The summed E-state index contributed by atoms with van der Waals surface area (Å²) in [5.74, 6) is 0.491. The minimum atomic E-state index is 0.0670. The first-order valence-corrected chi connectivity index (χ1v) is 8.55. The molecule has 20 heavy (non-hydrogen) atoms. The van der Waals surface area contributed by atoms with Gasteiger partial charge in [-0.15, -0.1) is 0 Å². The van der Waals surface area contributed by atoms with Crippen LogP contribution in [0.25, 0.3) is 0 Å². The molecule has 2 rings (SSSR count). The van der Waals surface area contributed by atoms with Crippen molar-refractivity contribution >= 4 is 37.8 Å². The third-order valence-corrected chi connectivity index (χ3v) is 5.01. The minimum Gasteiger partial charge on any atom is -0.338 e. The molecule has 3 nitrogen and oxygen atoms in total. The molecule has 5 heteroatoms. The van der Waals surface area contributed by atoms with Crippen LogP contribution in [0.5, 0.6) is 0 Å². The predicted octanol–water partition coefficient (Wildman–Crippen LogP) is 3.80. The third-order valence-electron chi connectivity index (χ3n) is 4.10. The largest absolute Gasteiger partial charge is 0.338 e. The quantitative estimate of drug-likeness (QED) is 0.834. The molecule has 1 amide bonds. The van der Waals surface area contributed by atoms with Crippen LogP contribution in [0.1, 0.15) is 36.0 Å². The van der Waals surface area contributed by atoms with Crippen molar-refractivity contribution in [3.05, 3.63) is 32.7 Å². The predicted molar refractivity (Wildman–Crippen MR) is 88.7 cm³/mol. The van der Waals surface area contributed by atoms with Gasteiger partial charge in [0.05, 0.1) is 0 Å². The van der Waals surface area contributed by atoms with E-state index in [4.69, 9.17) is 5.73 Å². The van der Waals surface area contributed by atoms with E-state index in [1.54, 1.807) is 0 Å². The van der Waals surface area contributed by atoms with Crippen molar-refractivity contribution in [3.8, 4) is 0 Å². The van der Waals surface area contributed by atoms with Gasteiger partial charge in [-0.3, -0.25) is 4.79 Å². The van der Waals surface area contributed by atoms with Crippen LogP contribution in [-0.2, 0) is 0 Å². The van der Waals surface area contributed by atoms with Gasteiger partial charge in [0.2, 0.25) is 0 Å². The van der Waals surface area contributed by atoms with Gasteiger partial charge in [0.25, 0.3) is 5.91 Å². The van der Waals surface area contributed by atoms with Crippen LogP contribution < -0.4 is 5.73 Å². The number of amides is 1. The Morgan fingerprint density at radius 1 is 1.25 bits per heavy atom. The van der Waals surface area contributed by atoms with Gasteiger partial charge in [-0.05, 0) is 43.5 Å². The molecule has 1 aromatic carbocycles. The second kappa shape index (κ2) is 7.05. The monoisotopic (exact) mass is 402 g/mol. The zero-order valence-corrected chi connectivity index (χ0v) is 14.8. The first kappa shape index (κ1) is 16.0. The van der Waals surface area contributed by atoms with Crippen LogP contribution >= 0.6 is 31.9 Å². The molecule has 2 unspecified atom stereocenters. The van der Waals surface area contributed by atoms with Crippen LogP contribution in [0, 0.1) is 5.92 Å². The fraction of sp³-hybridized carbons (Fsp3) is 0.533. The van der Waals surface area contributed by atoms with Crippen molar-refractivity contribution in [1.29, 1.82) is 0 Å². The van der Waals surface area contributed by atoms with Gasteiger partial charge in [0.1, 0.15) is 0 Å². The molecule has 0 saturated heterocycles. The highest BCUT2D eigenvalue weighted by Crippen LogP contribution is 2.29. The summed E-state index contributed by atoms with van der Waals surface area (Å²) in [5.41, 5.74) is 6.57. The summed E-state index contributed by atoms with van der Waals surface area (Å²) in [6, 6.07) is 5.92. The number of carbonyl (C=O) groups excluding carboxylic acids is 1. The van der Waals surface area contributed by atoms with Crippen molar-refractivity contribution in [2.45, 2.75) is 31.7 Å². The average Bonchev–Trinajstić information content (AvgIpc) is 2.44. The number of halogens is 2. The lowest BCUT2D eigenvalue weighted by Crippen LogP contribution is -2.45. The van der Waals surface area contributed by atoms with Gasteiger partial charge in [-0.2, -0.15) is 0 Å². The third kappa shape index (κ3) is 3.62. The van der Waals surface area contributed by atoms with Gasteiger partial charge in [0.15, 0.2) is 0 Å². The summed E-state index contributed by atoms with van der Waals surface area (Å²) >= 11 is 6.86. The first-order chi connectivity index (χ1) is 9.52. The van der Waals surface area contributed by atoms with Gasteiger partial charge in [-0.25, -0.2) is 0 Å². The zero-order chi connectivity index (χ0) is 14.7. The smallest absolute Gasteiger partial charge is 0.253 e. The van der Waals surface area contributed by atoms with Crippen molar-refractivity contribution in [3.63, 3.8) is 0 Å². The molecule has 1 aliphatic rings. The molecule has 0 bridgehead atoms. The second-order valence-electron chi connectivity index (χ2n) is 5.42. The summed E-state index contributed by atoms with van der Waals surface area (Å²) in [6.45, 7) is 0.657. The van der Waals surface area contributed by atoms with Gasteiger partial charge >= 0.3 is 0 Å². The number of hydrogen-bond donors (Lipinski definition) is 1. The fourth-order valence-corrected chi connectivity index (χ4v) is 4.30. The molecule has 0 aromatic heterocycles. The Kier molecular flexibility index (Phi) is 5.64. The summed E-state index contributed by atoms with van der Waals surface area (Å²) in [6.07, 6.45) is 4.59. The highest BCUT2D eigenvalue weighted by atomic mass is 79.9. The lowest BCUT2D eigenvalue weighted by atomic mass is 9.83. The van der Waals surface area contributed by atoms with E-state index in [2.05, 4.69) is 31.9 Å². The molecule has 0 aliphatic heterocycles. The van der Waals surface area contributed by atoms with Gasteiger partial charge in [-0.1, -0.05) is 44.7 Å². The normalized spacial score (nSPS) is 22.6. The maximum absolute atomic E-state index is 12.7. The zero-order valence-electron chi connectivity index (χ0n) is 11.6. The van der Waals surface area contributed by atoms with E-state index in [0.29, 0.717) is 18.0 Å². The van der Waals surface area contributed by atoms with Crippen molar-refractivity contribution in [2.75, 3.05) is 13.6 Å². The number of benzene rings is 1. The van der Waals surface area contributed by atoms with Crippen LogP contribution in [0.3, 0.4) is 0 Å². The van der Waals surface area contributed by atoms with Crippen molar-refractivity contribution in [2.24, 2.45) is 11.7 Å². The van der Waals surface area contributed by atoms with E-state index >= 15 is 0 Å². The Morgan fingerprint density at radius 3 is 2.45 bits per heavy atom. The molecular formula is C15H20Br2N2O.